The van der Waals surface area contributed by atoms with Crippen molar-refractivity contribution in [3.63, 3.8) is 0 Å². The van der Waals surface area contributed by atoms with Crippen LogP contribution in [0.2, 0.25) is 0 Å². The van der Waals surface area contributed by atoms with Crippen LogP contribution in [-0.4, -0.2) is 44.8 Å². The van der Waals surface area contributed by atoms with Gasteiger partial charge >= 0.3 is 0 Å². The number of nitrogens with zero attached hydrogens (tertiary/aromatic N) is 4. The third kappa shape index (κ3) is 5.79. The molecule has 1 amide bonds. The van der Waals surface area contributed by atoms with Gasteiger partial charge in [0.05, 0.1) is 12.6 Å². The highest BCUT2D eigenvalue weighted by molar-refractivity contribution is 5.78. The fourth-order valence-electron chi connectivity index (χ4n) is 3.45. The maximum Gasteiger partial charge on any atom is 0.223 e. The predicted octanol–water partition coefficient (Wildman–Crippen LogP) is 2.79. The lowest BCUT2D eigenvalue weighted by Gasteiger charge is -2.20. The van der Waals surface area contributed by atoms with Crippen LogP contribution >= 0.6 is 0 Å². The van der Waals surface area contributed by atoms with Crippen molar-refractivity contribution in [2.24, 2.45) is 5.92 Å². The van der Waals surface area contributed by atoms with Gasteiger partial charge in [0.15, 0.2) is 5.82 Å². The quantitative estimate of drug-likeness (QED) is 0.739. The van der Waals surface area contributed by atoms with E-state index < -0.39 is 0 Å². The minimum absolute atomic E-state index is 0.0225. The zero-order valence-corrected chi connectivity index (χ0v) is 18.0. The lowest BCUT2D eigenvalue weighted by Crippen LogP contribution is -2.30. The fourth-order valence-corrected chi connectivity index (χ4v) is 3.45. The molecule has 0 spiro atoms. The molecule has 1 atom stereocenters. The van der Waals surface area contributed by atoms with Crippen molar-refractivity contribution in [3.8, 4) is 5.75 Å². The van der Waals surface area contributed by atoms with E-state index in [4.69, 9.17) is 4.74 Å². The number of carbonyl (C=O) groups excluding carboxylic acids is 1. The van der Waals surface area contributed by atoms with Gasteiger partial charge in [0.1, 0.15) is 11.6 Å². The Kier molecular flexibility index (Phi) is 7.25. The Bertz CT molecular complexity index is 800. The molecule has 2 aromatic rings. The molecule has 1 N–H and O–H groups in total. The molecule has 1 aromatic carbocycles. The van der Waals surface area contributed by atoms with Crippen molar-refractivity contribution in [1.82, 2.24) is 25.0 Å². The van der Waals surface area contributed by atoms with E-state index in [0.29, 0.717) is 6.54 Å². The number of amides is 1. The normalized spacial score (nSPS) is 15.6. The number of rotatable bonds is 8. The van der Waals surface area contributed by atoms with Crippen LogP contribution in [0.5, 0.6) is 5.75 Å². The summed E-state index contributed by atoms with van der Waals surface area (Å²) in [6.07, 6.45) is 1.89. The first-order valence-electron chi connectivity index (χ1n) is 10.6. The van der Waals surface area contributed by atoms with Crippen molar-refractivity contribution in [2.45, 2.75) is 66.3 Å². The molecule has 7 nitrogen and oxygen atoms in total. The van der Waals surface area contributed by atoms with Crippen molar-refractivity contribution < 1.29 is 9.53 Å². The SMILES string of the molecule is CC[C@@H](C)C(=O)NCc1nnc2n1CCN(Cc1ccc(OC(C)C)cc1)CC2. The molecule has 29 heavy (non-hydrogen) atoms. The fraction of sp³-hybridized carbons (Fsp3) is 0.591. The molecular formula is C22H33N5O2. The molecule has 3 rings (SSSR count). The molecule has 0 bridgehead atoms. The van der Waals surface area contributed by atoms with E-state index in [9.17, 15) is 4.79 Å². The van der Waals surface area contributed by atoms with Gasteiger partial charge < -0.3 is 14.6 Å². The summed E-state index contributed by atoms with van der Waals surface area (Å²) in [5, 5.41) is 11.7. The highest BCUT2D eigenvalue weighted by Gasteiger charge is 2.19. The summed E-state index contributed by atoms with van der Waals surface area (Å²) < 4.78 is 7.89. The predicted molar refractivity (Wildman–Crippen MR) is 113 cm³/mol. The van der Waals surface area contributed by atoms with Gasteiger partial charge in [0, 0.05) is 38.5 Å². The number of hydrogen-bond donors (Lipinski definition) is 1. The number of hydrogen-bond acceptors (Lipinski definition) is 5. The maximum absolute atomic E-state index is 12.1. The van der Waals surface area contributed by atoms with E-state index >= 15 is 0 Å². The van der Waals surface area contributed by atoms with E-state index in [1.54, 1.807) is 0 Å². The maximum atomic E-state index is 12.1. The first-order valence-corrected chi connectivity index (χ1v) is 10.6. The molecule has 0 fully saturated rings. The van der Waals surface area contributed by atoms with E-state index in [2.05, 4.69) is 37.1 Å². The second-order valence-corrected chi connectivity index (χ2v) is 8.05. The molecule has 1 aromatic heterocycles. The van der Waals surface area contributed by atoms with Crippen LogP contribution in [0.4, 0.5) is 0 Å². The van der Waals surface area contributed by atoms with Gasteiger partial charge in [0.2, 0.25) is 5.91 Å². The molecule has 0 radical (unpaired) electrons. The molecule has 1 aliphatic heterocycles. The van der Waals surface area contributed by atoms with E-state index in [1.807, 2.05) is 39.8 Å². The van der Waals surface area contributed by atoms with Crippen LogP contribution < -0.4 is 10.1 Å². The van der Waals surface area contributed by atoms with Crippen molar-refractivity contribution in [2.75, 3.05) is 13.1 Å². The van der Waals surface area contributed by atoms with Crippen molar-refractivity contribution in [1.29, 1.82) is 0 Å². The van der Waals surface area contributed by atoms with Crippen LogP contribution in [0.25, 0.3) is 0 Å². The van der Waals surface area contributed by atoms with E-state index in [0.717, 1.165) is 56.4 Å². The Morgan fingerprint density at radius 2 is 1.90 bits per heavy atom. The molecule has 0 unspecified atom stereocenters. The number of carbonyl (C=O) groups is 1. The number of ether oxygens (including phenoxy) is 1. The summed E-state index contributed by atoms with van der Waals surface area (Å²) in [7, 11) is 0. The minimum atomic E-state index is 0.0225. The highest BCUT2D eigenvalue weighted by Crippen LogP contribution is 2.17. The smallest absolute Gasteiger partial charge is 0.223 e. The van der Waals surface area contributed by atoms with Gasteiger partial charge in [-0.2, -0.15) is 0 Å². The molecule has 7 heteroatoms. The zero-order chi connectivity index (χ0) is 20.8. The number of aromatic nitrogens is 3. The average Bonchev–Trinajstić information content (AvgIpc) is 2.99. The molecular weight excluding hydrogens is 366 g/mol. The van der Waals surface area contributed by atoms with E-state index in [-0.39, 0.29) is 17.9 Å². The second kappa shape index (κ2) is 9.87. The molecule has 2 heterocycles. The van der Waals surface area contributed by atoms with Gasteiger partial charge in [-0.25, -0.2) is 0 Å². The first kappa shape index (κ1) is 21.3. The van der Waals surface area contributed by atoms with Gasteiger partial charge in [-0.15, -0.1) is 10.2 Å². The summed E-state index contributed by atoms with van der Waals surface area (Å²) in [5.41, 5.74) is 1.28. The van der Waals surface area contributed by atoms with Gasteiger partial charge in [0.25, 0.3) is 0 Å². The summed E-state index contributed by atoms with van der Waals surface area (Å²) in [6.45, 7) is 12.1. The molecule has 1 aliphatic rings. The number of fused-ring (bicyclic) bond motifs is 1. The third-order valence-electron chi connectivity index (χ3n) is 5.38. The largest absolute Gasteiger partial charge is 0.491 e. The lowest BCUT2D eigenvalue weighted by molar-refractivity contribution is -0.124. The highest BCUT2D eigenvalue weighted by atomic mass is 16.5. The average molecular weight is 400 g/mol. The minimum Gasteiger partial charge on any atom is -0.491 e. The topological polar surface area (TPSA) is 72.3 Å². The monoisotopic (exact) mass is 399 g/mol. The van der Waals surface area contributed by atoms with E-state index in [1.165, 1.54) is 5.56 Å². The zero-order valence-electron chi connectivity index (χ0n) is 18.0. The van der Waals surface area contributed by atoms with Crippen molar-refractivity contribution >= 4 is 5.91 Å². The standard InChI is InChI=1S/C22H33N5O2/c1-5-17(4)22(28)23-14-21-25-24-20-10-11-26(12-13-27(20)21)15-18-6-8-19(9-7-18)29-16(2)3/h6-9,16-17H,5,10-15H2,1-4H3,(H,23,28)/t17-/m1/s1. The van der Waals surface area contributed by atoms with Gasteiger partial charge in [-0.1, -0.05) is 26.0 Å². The third-order valence-corrected chi connectivity index (χ3v) is 5.38. The van der Waals surface area contributed by atoms with Crippen LogP contribution in [0.3, 0.4) is 0 Å². The summed E-state index contributed by atoms with van der Waals surface area (Å²) in [5.74, 6) is 2.85. The summed E-state index contributed by atoms with van der Waals surface area (Å²) in [4.78, 5) is 14.5. The Morgan fingerprint density at radius 3 is 2.59 bits per heavy atom. The lowest BCUT2D eigenvalue weighted by atomic mass is 10.1. The Balaban J connectivity index is 1.55. The van der Waals surface area contributed by atoms with Crippen LogP contribution in [-0.2, 0) is 30.8 Å². The number of nitrogens with one attached hydrogen (secondary N) is 1. The summed E-state index contributed by atoms with van der Waals surface area (Å²) in [6, 6.07) is 8.36. The van der Waals surface area contributed by atoms with Crippen molar-refractivity contribution in [3.05, 3.63) is 41.5 Å². The Morgan fingerprint density at radius 1 is 1.14 bits per heavy atom. The molecule has 0 saturated carbocycles. The van der Waals surface area contributed by atoms with Crippen LogP contribution in [0.1, 0.15) is 51.3 Å². The van der Waals surface area contributed by atoms with Crippen LogP contribution in [0.15, 0.2) is 24.3 Å². The molecule has 0 saturated heterocycles. The van der Waals surface area contributed by atoms with Crippen LogP contribution in [0, 0.1) is 5.92 Å². The first-order chi connectivity index (χ1) is 14.0. The Hall–Kier alpha value is -2.41. The Labute approximate surface area is 173 Å². The molecule has 158 valence electrons. The second-order valence-electron chi connectivity index (χ2n) is 8.05. The summed E-state index contributed by atoms with van der Waals surface area (Å²) >= 11 is 0. The number of benzene rings is 1. The molecule has 0 aliphatic carbocycles. The van der Waals surface area contributed by atoms with Gasteiger partial charge in [-0.3, -0.25) is 9.69 Å². The van der Waals surface area contributed by atoms with Gasteiger partial charge in [-0.05, 0) is 38.0 Å².